The quantitative estimate of drug-likeness (QED) is 0.756. The number of rotatable bonds is 8. The molecule has 5 nitrogen and oxygen atoms in total. The van der Waals surface area contributed by atoms with Gasteiger partial charge in [-0.1, -0.05) is 6.92 Å². The molecule has 0 spiro atoms. The summed E-state index contributed by atoms with van der Waals surface area (Å²) in [4.78, 5) is 8.41. The van der Waals surface area contributed by atoms with Crippen molar-refractivity contribution >= 4 is 0 Å². The minimum Gasteiger partial charge on any atom is -0.494 e. The van der Waals surface area contributed by atoms with E-state index in [0.717, 1.165) is 30.8 Å². The zero-order valence-electron chi connectivity index (χ0n) is 12.5. The van der Waals surface area contributed by atoms with Gasteiger partial charge in [0, 0.05) is 24.5 Å². The van der Waals surface area contributed by atoms with E-state index >= 15 is 0 Å². The van der Waals surface area contributed by atoms with Crippen molar-refractivity contribution in [2.45, 2.75) is 26.8 Å². The van der Waals surface area contributed by atoms with Crippen molar-refractivity contribution in [2.24, 2.45) is 0 Å². The molecule has 0 fully saturated rings. The minimum absolute atomic E-state index is 0.346. The highest BCUT2D eigenvalue weighted by Gasteiger charge is 2.01. The monoisotopic (exact) mass is 287 g/mol. The van der Waals surface area contributed by atoms with Crippen molar-refractivity contribution in [1.82, 2.24) is 15.3 Å². The molecular weight excluding hydrogens is 266 g/mol. The van der Waals surface area contributed by atoms with Gasteiger partial charge in [-0.05, 0) is 44.2 Å². The lowest BCUT2D eigenvalue weighted by molar-refractivity contribution is 0.339. The summed E-state index contributed by atoms with van der Waals surface area (Å²) < 4.78 is 11.0. The second-order valence-corrected chi connectivity index (χ2v) is 4.56. The number of nitrogens with zero attached hydrogens (tertiary/aromatic N) is 2. The summed E-state index contributed by atoms with van der Waals surface area (Å²) in [5.74, 6) is 1.51. The lowest BCUT2D eigenvalue weighted by Gasteiger charge is -2.07. The minimum atomic E-state index is 0.346. The maximum atomic E-state index is 5.59. The molecule has 0 saturated heterocycles. The molecule has 112 valence electrons. The second-order valence-electron chi connectivity index (χ2n) is 4.56. The van der Waals surface area contributed by atoms with E-state index in [9.17, 15) is 0 Å². The summed E-state index contributed by atoms with van der Waals surface area (Å²) in [5.41, 5.74) is 1.04. The Morgan fingerprint density at radius 1 is 1.00 bits per heavy atom. The van der Waals surface area contributed by atoms with Crippen LogP contribution in [0.5, 0.6) is 17.5 Å². The molecule has 1 aromatic heterocycles. The lowest BCUT2D eigenvalue weighted by Crippen LogP contribution is -2.14. The fourth-order valence-corrected chi connectivity index (χ4v) is 1.77. The number of ether oxygens (including phenoxy) is 2. The SMILES string of the molecule is CCCNCc1cnc(Oc2ccc(OCC)cc2)nc1. The fourth-order valence-electron chi connectivity index (χ4n) is 1.77. The first-order valence-corrected chi connectivity index (χ1v) is 7.24. The molecule has 1 N–H and O–H groups in total. The van der Waals surface area contributed by atoms with Crippen LogP contribution in [0.4, 0.5) is 0 Å². The van der Waals surface area contributed by atoms with Crippen LogP contribution in [0.15, 0.2) is 36.7 Å². The first-order chi connectivity index (χ1) is 10.3. The fraction of sp³-hybridized carbons (Fsp3) is 0.375. The van der Waals surface area contributed by atoms with E-state index in [-0.39, 0.29) is 0 Å². The molecule has 21 heavy (non-hydrogen) atoms. The van der Waals surface area contributed by atoms with Gasteiger partial charge in [-0.3, -0.25) is 0 Å². The van der Waals surface area contributed by atoms with Gasteiger partial charge in [0.15, 0.2) is 0 Å². The summed E-state index contributed by atoms with van der Waals surface area (Å²) in [5, 5.41) is 3.30. The molecule has 0 bridgehead atoms. The van der Waals surface area contributed by atoms with Gasteiger partial charge in [0.05, 0.1) is 6.61 Å². The number of hydrogen-bond acceptors (Lipinski definition) is 5. The van der Waals surface area contributed by atoms with E-state index in [1.807, 2.05) is 31.2 Å². The largest absolute Gasteiger partial charge is 0.494 e. The van der Waals surface area contributed by atoms with Gasteiger partial charge in [-0.2, -0.15) is 0 Å². The molecule has 2 aromatic rings. The maximum Gasteiger partial charge on any atom is 0.321 e. The Kier molecular flexibility index (Phi) is 5.97. The standard InChI is InChI=1S/C16H21N3O2/c1-3-9-17-10-13-11-18-16(19-12-13)21-15-7-5-14(6-8-15)20-4-2/h5-8,11-12,17H,3-4,9-10H2,1-2H3. The van der Waals surface area contributed by atoms with E-state index in [4.69, 9.17) is 9.47 Å². The van der Waals surface area contributed by atoms with Gasteiger partial charge >= 0.3 is 6.01 Å². The predicted molar refractivity (Wildman–Crippen MR) is 81.7 cm³/mol. The zero-order chi connectivity index (χ0) is 14.9. The molecule has 2 rings (SSSR count). The van der Waals surface area contributed by atoms with Crippen molar-refractivity contribution in [3.63, 3.8) is 0 Å². The predicted octanol–water partition coefficient (Wildman–Crippen LogP) is 3.17. The van der Waals surface area contributed by atoms with Crippen LogP contribution in [0.25, 0.3) is 0 Å². The Hall–Kier alpha value is -2.14. The van der Waals surface area contributed by atoms with Crippen LogP contribution in [0.2, 0.25) is 0 Å². The summed E-state index contributed by atoms with van der Waals surface area (Å²) in [6, 6.07) is 7.75. The van der Waals surface area contributed by atoms with Crippen LogP contribution in [0.1, 0.15) is 25.8 Å². The Morgan fingerprint density at radius 3 is 2.29 bits per heavy atom. The molecule has 0 radical (unpaired) electrons. The molecule has 5 heteroatoms. The number of hydrogen-bond donors (Lipinski definition) is 1. The zero-order valence-corrected chi connectivity index (χ0v) is 12.5. The maximum absolute atomic E-state index is 5.59. The van der Waals surface area contributed by atoms with Crippen molar-refractivity contribution in [1.29, 1.82) is 0 Å². The molecule has 0 saturated carbocycles. The summed E-state index contributed by atoms with van der Waals surface area (Å²) in [6.07, 6.45) is 4.67. The van der Waals surface area contributed by atoms with Gasteiger partial charge in [-0.15, -0.1) is 0 Å². The number of aromatic nitrogens is 2. The summed E-state index contributed by atoms with van der Waals surface area (Å²) in [7, 11) is 0. The van der Waals surface area contributed by atoms with E-state index in [1.54, 1.807) is 12.4 Å². The molecule has 0 aliphatic heterocycles. The number of nitrogens with one attached hydrogen (secondary N) is 1. The topological polar surface area (TPSA) is 56.3 Å². The highest BCUT2D eigenvalue weighted by atomic mass is 16.5. The van der Waals surface area contributed by atoms with E-state index in [1.165, 1.54) is 0 Å². The van der Waals surface area contributed by atoms with Gasteiger partial charge in [-0.25, -0.2) is 9.97 Å². The molecule has 0 aliphatic rings. The third-order valence-electron chi connectivity index (χ3n) is 2.78. The molecule has 0 unspecified atom stereocenters. The van der Waals surface area contributed by atoms with Crippen molar-refractivity contribution < 1.29 is 9.47 Å². The number of benzene rings is 1. The van der Waals surface area contributed by atoms with Crippen LogP contribution in [0.3, 0.4) is 0 Å². The van der Waals surface area contributed by atoms with Gasteiger partial charge in [0.1, 0.15) is 11.5 Å². The van der Waals surface area contributed by atoms with Crippen LogP contribution < -0.4 is 14.8 Å². The molecule has 0 aliphatic carbocycles. The van der Waals surface area contributed by atoms with E-state index in [2.05, 4.69) is 22.2 Å². The van der Waals surface area contributed by atoms with E-state index in [0.29, 0.717) is 18.4 Å². The third kappa shape index (κ3) is 5.04. The molecule has 1 aromatic carbocycles. The Bertz CT molecular complexity index is 526. The Labute approximate surface area is 125 Å². The van der Waals surface area contributed by atoms with E-state index < -0.39 is 0 Å². The smallest absolute Gasteiger partial charge is 0.321 e. The molecule has 1 heterocycles. The van der Waals surface area contributed by atoms with Crippen molar-refractivity contribution in [2.75, 3.05) is 13.2 Å². The molecular formula is C16H21N3O2. The Balaban J connectivity index is 1.90. The van der Waals surface area contributed by atoms with Gasteiger partial charge < -0.3 is 14.8 Å². The second kappa shape index (κ2) is 8.21. The van der Waals surface area contributed by atoms with Crippen LogP contribution >= 0.6 is 0 Å². The highest BCUT2D eigenvalue weighted by Crippen LogP contribution is 2.21. The normalized spacial score (nSPS) is 10.4. The highest BCUT2D eigenvalue weighted by molar-refractivity contribution is 5.32. The average Bonchev–Trinajstić information content (AvgIpc) is 2.51. The van der Waals surface area contributed by atoms with Crippen LogP contribution in [-0.4, -0.2) is 23.1 Å². The van der Waals surface area contributed by atoms with Gasteiger partial charge in [0.25, 0.3) is 0 Å². The van der Waals surface area contributed by atoms with Crippen molar-refractivity contribution in [3.8, 4) is 17.5 Å². The third-order valence-corrected chi connectivity index (χ3v) is 2.78. The molecule has 0 amide bonds. The van der Waals surface area contributed by atoms with Crippen LogP contribution in [0, 0.1) is 0 Å². The van der Waals surface area contributed by atoms with Crippen LogP contribution in [-0.2, 0) is 6.54 Å². The first kappa shape index (κ1) is 15.3. The first-order valence-electron chi connectivity index (χ1n) is 7.24. The lowest BCUT2D eigenvalue weighted by atomic mass is 10.3. The molecule has 0 atom stereocenters. The van der Waals surface area contributed by atoms with Crippen molar-refractivity contribution in [3.05, 3.63) is 42.2 Å². The Morgan fingerprint density at radius 2 is 1.67 bits per heavy atom. The van der Waals surface area contributed by atoms with Gasteiger partial charge in [0.2, 0.25) is 0 Å². The summed E-state index contributed by atoms with van der Waals surface area (Å²) in [6.45, 7) is 6.50. The summed E-state index contributed by atoms with van der Waals surface area (Å²) >= 11 is 0. The average molecular weight is 287 g/mol.